The zero-order valence-electron chi connectivity index (χ0n) is 17.0. The zero-order chi connectivity index (χ0) is 22.7. The van der Waals surface area contributed by atoms with E-state index >= 15 is 0 Å². The molecule has 6 nitrogen and oxygen atoms in total. The summed E-state index contributed by atoms with van der Waals surface area (Å²) < 4.78 is 46.5. The Morgan fingerprint density at radius 2 is 1.88 bits per heavy atom. The summed E-state index contributed by atoms with van der Waals surface area (Å²) in [4.78, 5) is 28.1. The largest absolute Gasteiger partial charge is 0.478 e. The van der Waals surface area contributed by atoms with Crippen molar-refractivity contribution in [3.63, 3.8) is 0 Å². The van der Waals surface area contributed by atoms with Gasteiger partial charge in [-0.25, -0.2) is 9.78 Å². The van der Waals surface area contributed by atoms with Crippen LogP contribution in [0.3, 0.4) is 0 Å². The van der Waals surface area contributed by atoms with Crippen LogP contribution in [0.25, 0.3) is 0 Å². The monoisotopic (exact) mass is 446 g/mol. The number of ether oxygens (including phenoxy) is 1. The lowest BCUT2D eigenvalue weighted by Gasteiger charge is -2.35. The summed E-state index contributed by atoms with van der Waals surface area (Å²) >= 11 is 0. The number of aromatic carboxylic acids is 1. The average Bonchev–Trinajstić information content (AvgIpc) is 3.56. The van der Waals surface area contributed by atoms with E-state index in [1.807, 2.05) is 0 Å². The number of fused-ring (bicyclic) bond motifs is 2. The number of carbonyl (C=O) groups excluding carboxylic acids is 1. The van der Waals surface area contributed by atoms with Crippen molar-refractivity contribution in [1.29, 1.82) is 0 Å². The predicted octanol–water partition coefficient (Wildman–Crippen LogP) is 4.89. The van der Waals surface area contributed by atoms with E-state index in [4.69, 9.17) is 4.74 Å². The summed E-state index contributed by atoms with van der Waals surface area (Å²) in [7, 11) is 0. The molecule has 2 aliphatic carbocycles. The maximum Gasteiger partial charge on any atom is 0.421 e. The fourth-order valence-electron chi connectivity index (χ4n) is 4.81. The highest BCUT2D eigenvalue weighted by Gasteiger charge is 2.49. The molecular formula is C23H21F3N2O4. The summed E-state index contributed by atoms with van der Waals surface area (Å²) in [6.07, 6.45) is -0.473. The van der Waals surface area contributed by atoms with Crippen LogP contribution in [-0.2, 0) is 16.4 Å². The molecule has 0 bridgehead atoms. The molecule has 168 valence electrons. The number of amides is 1. The second-order valence-corrected chi connectivity index (χ2v) is 8.81. The molecule has 5 rings (SSSR count). The zero-order valence-corrected chi connectivity index (χ0v) is 17.0. The van der Waals surface area contributed by atoms with Crippen LogP contribution in [0.15, 0.2) is 30.5 Å². The van der Waals surface area contributed by atoms with Crippen molar-refractivity contribution >= 4 is 17.6 Å². The van der Waals surface area contributed by atoms with Crippen molar-refractivity contribution in [2.45, 2.75) is 62.1 Å². The first kappa shape index (κ1) is 20.8. The number of anilines is 1. The minimum absolute atomic E-state index is 0.0905. The van der Waals surface area contributed by atoms with Crippen LogP contribution in [0.1, 0.15) is 71.5 Å². The maximum absolute atomic E-state index is 13.6. The third kappa shape index (κ3) is 3.49. The van der Waals surface area contributed by atoms with E-state index < -0.39 is 35.1 Å². The van der Waals surface area contributed by atoms with Gasteiger partial charge in [0.15, 0.2) is 0 Å². The highest BCUT2D eigenvalue weighted by Crippen LogP contribution is 2.49. The predicted molar refractivity (Wildman–Crippen MR) is 108 cm³/mol. The Morgan fingerprint density at radius 3 is 2.50 bits per heavy atom. The fraction of sp³-hybridized carbons (Fsp3) is 0.435. The summed E-state index contributed by atoms with van der Waals surface area (Å²) in [5.74, 6) is -1.58. The Bertz CT molecular complexity index is 1100. The topological polar surface area (TPSA) is 88.5 Å². The lowest BCUT2D eigenvalue weighted by Crippen LogP contribution is -2.41. The van der Waals surface area contributed by atoms with Gasteiger partial charge in [-0.3, -0.25) is 4.79 Å². The molecule has 3 aliphatic rings. The number of hydrogen-bond donors (Lipinski definition) is 2. The van der Waals surface area contributed by atoms with E-state index in [-0.39, 0.29) is 17.4 Å². The third-order valence-electron chi connectivity index (χ3n) is 6.76. The highest BCUT2D eigenvalue weighted by molar-refractivity contribution is 6.07. The summed E-state index contributed by atoms with van der Waals surface area (Å²) in [6, 6.07) is 5.66. The van der Waals surface area contributed by atoms with Crippen LogP contribution in [0.5, 0.6) is 5.88 Å². The molecule has 0 unspecified atom stereocenters. The molecule has 0 radical (unpaired) electrons. The molecular weight excluding hydrogens is 425 g/mol. The molecule has 2 aromatic rings. The Morgan fingerprint density at radius 1 is 1.16 bits per heavy atom. The molecule has 0 saturated heterocycles. The standard InChI is InChI=1S/C23H21F3N2O4/c24-23(25,26)17-10-14(12-1-2-12)11-27-19(17)32-15-5-7-22(8-6-15)16-9-13(20(29)30)3-4-18(16)28-21(22)31/h3-4,9-12,15H,1-2,5-8H2,(H,28,31)(H,29,30). The lowest BCUT2D eigenvalue weighted by molar-refractivity contribution is -0.139. The number of nitrogens with one attached hydrogen (secondary N) is 1. The third-order valence-corrected chi connectivity index (χ3v) is 6.76. The second kappa shape index (κ2) is 7.21. The van der Waals surface area contributed by atoms with Gasteiger partial charge in [0.25, 0.3) is 0 Å². The van der Waals surface area contributed by atoms with Crippen LogP contribution < -0.4 is 10.1 Å². The number of alkyl halides is 3. The van der Waals surface area contributed by atoms with Gasteiger partial charge in [-0.1, -0.05) is 0 Å². The lowest BCUT2D eigenvalue weighted by atomic mass is 9.69. The molecule has 2 saturated carbocycles. The van der Waals surface area contributed by atoms with Crippen molar-refractivity contribution < 1.29 is 32.6 Å². The van der Waals surface area contributed by atoms with E-state index in [9.17, 15) is 27.9 Å². The molecule has 9 heteroatoms. The first-order chi connectivity index (χ1) is 15.2. The molecule has 1 aromatic carbocycles. The van der Waals surface area contributed by atoms with Crippen LogP contribution >= 0.6 is 0 Å². The molecule has 2 heterocycles. The molecule has 1 amide bonds. The SMILES string of the molecule is O=C(O)c1ccc2c(c1)C1(CCC(Oc3ncc(C4CC4)cc3C(F)(F)F)CC1)C(=O)N2. The van der Waals surface area contributed by atoms with Gasteiger partial charge in [-0.2, -0.15) is 13.2 Å². The van der Waals surface area contributed by atoms with E-state index in [2.05, 4.69) is 10.3 Å². The highest BCUT2D eigenvalue weighted by atomic mass is 19.4. The second-order valence-electron chi connectivity index (χ2n) is 8.81. The van der Waals surface area contributed by atoms with Crippen LogP contribution in [0.4, 0.5) is 18.9 Å². The van der Waals surface area contributed by atoms with Gasteiger partial charge in [0, 0.05) is 11.9 Å². The van der Waals surface area contributed by atoms with E-state index in [0.29, 0.717) is 42.5 Å². The molecule has 1 aliphatic heterocycles. The van der Waals surface area contributed by atoms with Gasteiger partial charge < -0.3 is 15.2 Å². The molecule has 32 heavy (non-hydrogen) atoms. The summed E-state index contributed by atoms with van der Waals surface area (Å²) in [5.41, 5.74) is 0.127. The number of carboxylic acids is 1. The fourth-order valence-corrected chi connectivity index (χ4v) is 4.81. The van der Waals surface area contributed by atoms with Crippen molar-refractivity contribution in [2.24, 2.45) is 0 Å². The van der Waals surface area contributed by atoms with Crippen LogP contribution in [0, 0.1) is 0 Å². The Balaban J connectivity index is 1.36. The van der Waals surface area contributed by atoms with Gasteiger partial charge in [0.1, 0.15) is 11.7 Å². The van der Waals surface area contributed by atoms with Crippen molar-refractivity contribution in [3.8, 4) is 5.88 Å². The number of aromatic nitrogens is 1. The Kier molecular flexibility index (Phi) is 4.69. The van der Waals surface area contributed by atoms with Crippen molar-refractivity contribution in [1.82, 2.24) is 4.98 Å². The van der Waals surface area contributed by atoms with Crippen LogP contribution in [-0.4, -0.2) is 28.1 Å². The Hall–Kier alpha value is -3.10. The number of pyridine rings is 1. The molecule has 1 spiro atoms. The van der Waals surface area contributed by atoms with Gasteiger partial charge in [0.05, 0.1) is 11.0 Å². The van der Waals surface area contributed by atoms with Gasteiger partial charge in [-0.05, 0) is 79.8 Å². The minimum Gasteiger partial charge on any atom is -0.478 e. The van der Waals surface area contributed by atoms with Crippen molar-refractivity contribution in [3.05, 3.63) is 52.7 Å². The molecule has 2 N–H and O–H groups in total. The van der Waals surface area contributed by atoms with Crippen LogP contribution in [0.2, 0.25) is 0 Å². The molecule has 2 fully saturated rings. The molecule has 0 atom stereocenters. The number of rotatable bonds is 4. The van der Waals surface area contributed by atoms with E-state index in [1.165, 1.54) is 18.3 Å². The number of carbonyl (C=O) groups is 2. The number of nitrogens with zero attached hydrogens (tertiary/aromatic N) is 1. The number of benzene rings is 1. The van der Waals surface area contributed by atoms with Crippen molar-refractivity contribution in [2.75, 3.05) is 5.32 Å². The first-order valence-electron chi connectivity index (χ1n) is 10.6. The smallest absolute Gasteiger partial charge is 0.421 e. The number of hydrogen-bond acceptors (Lipinski definition) is 4. The summed E-state index contributed by atoms with van der Waals surface area (Å²) in [6.45, 7) is 0. The maximum atomic E-state index is 13.6. The van der Waals surface area contributed by atoms with E-state index in [0.717, 1.165) is 18.9 Å². The average molecular weight is 446 g/mol. The Labute approximate surface area is 181 Å². The molecule has 1 aromatic heterocycles. The van der Waals surface area contributed by atoms with Gasteiger partial charge in [0.2, 0.25) is 11.8 Å². The normalized spacial score (nSPS) is 24.8. The first-order valence-corrected chi connectivity index (χ1v) is 10.6. The quantitative estimate of drug-likeness (QED) is 0.698. The minimum atomic E-state index is -4.57. The number of carboxylic acid groups (broad SMARTS) is 1. The summed E-state index contributed by atoms with van der Waals surface area (Å²) in [5, 5.41) is 12.1. The van der Waals surface area contributed by atoms with Gasteiger partial charge >= 0.3 is 12.1 Å². The van der Waals surface area contributed by atoms with Gasteiger partial charge in [-0.15, -0.1) is 0 Å². The number of halogens is 3. The van der Waals surface area contributed by atoms with E-state index in [1.54, 1.807) is 6.07 Å².